The molecule has 2 fully saturated rings. The second-order valence-corrected chi connectivity index (χ2v) is 6.65. The fourth-order valence-corrected chi connectivity index (χ4v) is 3.64. The maximum atomic E-state index is 13.5. The van der Waals surface area contributed by atoms with Gasteiger partial charge in [0, 0.05) is 25.8 Å². The molecule has 0 aromatic heterocycles. The molecule has 26 heavy (non-hydrogen) atoms. The van der Waals surface area contributed by atoms with E-state index in [9.17, 15) is 23.5 Å². The number of likely N-dealkylation sites (tertiary alicyclic amines) is 1. The average Bonchev–Trinajstić information content (AvgIpc) is 3.11. The summed E-state index contributed by atoms with van der Waals surface area (Å²) in [5.41, 5.74) is 0. The van der Waals surface area contributed by atoms with E-state index < -0.39 is 23.5 Å². The normalized spacial score (nSPS) is 23.8. The van der Waals surface area contributed by atoms with Crippen molar-refractivity contribution >= 4 is 11.9 Å². The van der Waals surface area contributed by atoms with Crippen molar-refractivity contribution in [1.29, 1.82) is 0 Å². The number of carboxylic acid groups (broad SMARTS) is 1. The van der Waals surface area contributed by atoms with E-state index in [1.54, 1.807) is 4.90 Å². The molecule has 0 spiro atoms. The molecular formula is C18H21F2NO5. The summed E-state index contributed by atoms with van der Waals surface area (Å²) in [5, 5.41) is 9.26. The monoisotopic (exact) mass is 369 g/mol. The van der Waals surface area contributed by atoms with Gasteiger partial charge in [0.15, 0.2) is 18.2 Å². The van der Waals surface area contributed by atoms with Crippen LogP contribution in [0, 0.1) is 23.5 Å². The van der Waals surface area contributed by atoms with Crippen LogP contribution < -0.4 is 4.74 Å². The number of amides is 1. The third kappa shape index (κ3) is 4.12. The number of aliphatic carboxylic acids is 1. The highest BCUT2D eigenvalue weighted by atomic mass is 19.1. The molecule has 142 valence electrons. The predicted octanol–water partition coefficient (Wildman–Crippen LogP) is 2.07. The van der Waals surface area contributed by atoms with Crippen LogP contribution >= 0.6 is 0 Å². The zero-order valence-corrected chi connectivity index (χ0v) is 14.2. The van der Waals surface area contributed by atoms with Crippen LogP contribution in [0.4, 0.5) is 8.78 Å². The van der Waals surface area contributed by atoms with Gasteiger partial charge in [0.2, 0.25) is 0 Å². The van der Waals surface area contributed by atoms with E-state index in [-0.39, 0.29) is 30.3 Å². The quantitative estimate of drug-likeness (QED) is 0.860. The third-order valence-electron chi connectivity index (χ3n) is 5.05. The average molecular weight is 369 g/mol. The molecule has 2 heterocycles. The lowest BCUT2D eigenvalue weighted by atomic mass is 9.84. The number of hydrogen-bond donors (Lipinski definition) is 1. The Morgan fingerprint density at radius 2 is 1.96 bits per heavy atom. The summed E-state index contributed by atoms with van der Waals surface area (Å²) >= 11 is 0. The Morgan fingerprint density at radius 1 is 1.23 bits per heavy atom. The van der Waals surface area contributed by atoms with Crippen molar-refractivity contribution in [2.24, 2.45) is 11.8 Å². The summed E-state index contributed by atoms with van der Waals surface area (Å²) in [5.74, 6) is -3.22. The highest BCUT2D eigenvalue weighted by Crippen LogP contribution is 2.33. The van der Waals surface area contributed by atoms with Gasteiger partial charge in [0.25, 0.3) is 5.91 Å². The SMILES string of the molecule is O=C(O)C1CCO[C@H]1C1CCN(C(=O)COc2ccc(F)cc2F)CC1. The van der Waals surface area contributed by atoms with E-state index in [4.69, 9.17) is 9.47 Å². The number of ether oxygens (including phenoxy) is 2. The van der Waals surface area contributed by atoms with Crippen molar-refractivity contribution < 1.29 is 33.0 Å². The molecule has 6 nitrogen and oxygen atoms in total. The van der Waals surface area contributed by atoms with Crippen LogP contribution in [0.25, 0.3) is 0 Å². The Labute approximate surface area is 149 Å². The first-order valence-corrected chi connectivity index (χ1v) is 8.65. The molecule has 2 saturated heterocycles. The Bertz CT molecular complexity index is 676. The highest BCUT2D eigenvalue weighted by molar-refractivity contribution is 5.77. The lowest BCUT2D eigenvalue weighted by molar-refractivity contribution is -0.146. The van der Waals surface area contributed by atoms with Gasteiger partial charge in [0.1, 0.15) is 5.82 Å². The van der Waals surface area contributed by atoms with Crippen LogP contribution in [-0.2, 0) is 14.3 Å². The van der Waals surface area contributed by atoms with Gasteiger partial charge in [-0.15, -0.1) is 0 Å². The molecule has 1 amide bonds. The fraction of sp³-hybridized carbons (Fsp3) is 0.556. The third-order valence-corrected chi connectivity index (χ3v) is 5.05. The van der Waals surface area contributed by atoms with E-state index >= 15 is 0 Å². The number of carboxylic acids is 1. The summed E-state index contributed by atoms with van der Waals surface area (Å²) < 4.78 is 37.1. The summed E-state index contributed by atoms with van der Waals surface area (Å²) in [6.45, 7) is 1.08. The van der Waals surface area contributed by atoms with Crippen molar-refractivity contribution in [2.75, 3.05) is 26.3 Å². The second-order valence-electron chi connectivity index (χ2n) is 6.65. The molecular weight excluding hydrogens is 348 g/mol. The Morgan fingerprint density at radius 3 is 2.62 bits per heavy atom. The zero-order chi connectivity index (χ0) is 18.7. The number of nitrogens with zero attached hydrogens (tertiary/aromatic N) is 1. The van der Waals surface area contributed by atoms with Gasteiger partial charge in [-0.3, -0.25) is 9.59 Å². The lowest BCUT2D eigenvalue weighted by Crippen LogP contribution is -2.44. The standard InChI is InChI=1S/C18H21F2NO5/c19-12-1-2-15(14(20)9-12)26-10-16(22)21-6-3-11(4-7-21)17-13(18(23)24)5-8-25-17/h1-2,9,11,13,17H,3-8,10H2,(H,23,24)/t13?,17-/m0/s1. The minimum atomic E-state index is -0.852. The van der Waals surface area contributed by atoms with E-state index in [0.717, 1.165) is 12.1 Å². The van der Waals surface area contributed by atoms with Crippen molar-refractivity contribution in [1.82, 2.24) is 4.90 Å². The first kappa shape index (κ1) is 18.6. The molecule has 1 unspecified atom stereocenters. The number of rotatable bonds is 5. The molecule has 0 radical (unpaired) electrons. The van der Waals surface area contributed by atoms with Gasteiger partial charge < -0.3 is 19.5 Å². The maximum absolute atomic E-state index is 13.5. The van der Waals surface area contributed by atoms with E-state index in [2.05, 4.69) is 0 Å². The van der Waals surface area contributed by atoms with Gasteiger partial charge in [-0.2, -0.15) is 0 Å². The molecule has 3 rings (SSSR count). The highest BCUT2D eigenvalue weighted by Gasteiger charge is 2.40. The van der Waals surface area contributed by atoms with Crippen LogP contribution in [-0.4, -0.2) is 54.3 Å². The van der Waals surface area contributed by atoms with Crippen molar-refractivity contribution in [3.05, 3.63) is 29.8 Å². The van der Waals surface area contributed by atoms with Crippen molar-refractivity contribution in [2.45, 2.75) is 25.4 Å². The van der Waals surface area contributed by atoms with Crippen molar-refractivity contribution in [3.63, 3.8) is 0 Å². The van der Waals surface area contributed by atoms with Gasteiger partial charge in [-0.05, 0) is 37.3 Å². The molecule has 2 atom stereocenters. The van der Waals surface area contributed by atoms with Gasteiger partial charge in [0.05, 0.1) is 12.0 Å². The summed E-state index contributed by atoms with van der Waals surface area (Å²) in [6.07, 6.45) is 1.54. The number of benzene rings is 1. The van der Waals surface area contributed by atoms with Crippen LogP contribution in [0.5, 0.6) is 5.75 Å². The van der Waals surface area contributed by atoms with E-state index in [1.807, 2.05) is 0 Å². The lowest BCUT2D eigenvalue weighted by Gasteiger charge is -2.35. The van der Waals surface area contributed by atoms with E-state index in [1.165, 1.54) is 0 Å². The largest absolute Gasteiger partial charge is 0.481 e. The fourth-order valence-electron chi connectivity index (χ4n) is 3.64. The predicted molar refractivity (Wildman–Crippen MR) is 86.6 cm³/mol. The number of halogens is 2. The summed E-state index contributed by atoms with van der Waals surface area (Å²) in [4.78, 5) is 25.1. The van der Waals surface area contributed by atoms with Gasteiger partial charge in [-0.25, -0.2) is 8.78 Å². The molecule has 0 bridgehead atoms. The van der Waals surface area contributed by atoms with Crippen LogP contribution in [0.3, 0.4) is 0 Å². The Kier molecular flexibility index (Phi) is 5.70. The smallest absolute Gasteiger partial charge is 0.309 e. The molecule has 2 aliphatic rings. The van der Waals surface area contributed by atoms with Crippen LogP contribution in [0.2, 0.25) is 0 Å². The molecule has 0 aliphatic carbocycles. The van der Waals surface area contributed by atoms with E-state index in [0.29, 0.717) is 45.0 Å². The number of piperidine rings is 1. The second kappa shape index (κ2) is 7.99. The number of carbonyl (C=O) groups is 2. The molecule has 1 N–H and O–H groups in total. The number of carbonyl (C=O) groups excluding carboxylic acids is 1. The summed E-state index contributed by atoms with van der Waals surface area (Å²) in [7, 11) is 0. The van der Waals surface area contributed by atoms with Gasteiger partial charge >= 0.3 is 5.97 Å². The van der Waals surface area contributed by atoms with Crippen LogP contribution in [0.15, 0.2) is 18.2 Å². The first-order valence-electron chi connectivity index (χ1n) is 8.65. The summed E-state index contributed by atoms with van der Waals surface area (Å²) in [6, 6.07) is 2.91. The molecule has 1 aromatic rings. The minimum absolute atomic E-state index is 0.109. The molecule has 0 saturated carbocycles. The Hall–Kier alpha value is -2.22. The minimum Gasteiger partial charge on any atom is -0.481 e. The maximum Gasteiger partial charge on any atom is 0.309 e. The molecule has 8 heteroatoms. The topological polar surface area (TPSA) is 76.1 Å². The first-order chi connectivity index (χ1) is 12.5. The Balaban J connectivity index is 1.48. The van der Waals surface area contributed by atoms with Crippen molar-refractivity contribution in [3.8, 4) is 5.75 Å². The zero-order valence-electron chi connectivity index (χ0n) is 14.2. The number of hydrogen-bond acceptors (Lipinski definition) is 4. The van der Waals surface area contributed by atoms with Gasteiger partial charge in [-0.1, -0.05) is 0 Å². The molecule has 2 aliphatic heterocycles. The van der Waals surface area contributed by atoms with Crippen LogP contribution in [0.1, 0.15) is 19.3 Å². The molecule has 1 aromatic carbocycles.